The van der Waals surface area contributed by atoms with E-state index in [0.717, 1.165) is 10.6 Å². The molecule has 3 heterocycles. The summed E-state index contributed by atoms with van der Waals surface area (Å²) < 4.78 is 39.2. The maximum absolute atomic E-state index is 13.6. The zero-order valence-electron chi connectivity index (χ0n) is 17.2. The van der Waals surface area contributed by atoms with Gasteiger partial charge in [0.1, 0.15) is 11.5 Å². The largest absolute Gasteiger partial charge is 0.337 e. The van der Waals surface area contributed by atoms with E-state index in [9.17, 15) is 22.4 Å². The summed E-state index contributed by atoms with van der Waals surface area (Å²) >= 11 is 0. The molecule has 0 saturated carbocycles. The van der Waals surface area contributed by atoms with Crippen molar-refractivity contribution in [2.75, 3.05) is 6.54 Å². The summed E-state index contributed by atoms with van der Waals surface area (Å²) in [5.41, 5.74) is 1.71. The Morgan fingerprint density at radius 1 is 1.16 bits per heavy atom. The first kappa shape index (κ1) is 21.2. The van der Waals surface area contributed by atoms with E-state index in [2.05, 4.69) is 4.98 Å². The molecule has 162 valence electrons. The molecule has 0 unspecified atom stereocenters. The Morgan fingerprint density at radius 3 is 2.55 bits per heavy atom. The van der Waals surface area contributed by atoms with Crippen LogP contribution in [0.3, 0.4) is 0 Å². The van der Waals surface area contributed by atoms with E-state index >= 15 is 0 Å². The van der Waals surface area contributed by atoms with Gasteiger partial charge >= 0.3 is 0 Å². The Balaban J connectivity index is 1.53. The van der Waals surface area contributed by atoms with E-state index in [1.807, 2.05) is 0 Å². The van der Waals surface area contributed by atoms with E-state index in [0.29, 0.717) is 35.4 Å². The third kappa shape index (κ3) is 3.97. The lowest BCUT2D eigenvalue weighted by Crippen LogP contribution is -2.40. The van der Waals surface area contributed by atoms with Crippen LogP contribution < -0.4 is 5.56 Å². The van der Waals surface area contributed by atoms with Crippen molar-refractivity contribution in [2.45, 2.75) is 43.4 Å². The van der Waals surface area contributed by atoms with Crippen LogP contribution in [0.15, 0.2) is 52.3 Å². The lowest BCUT2D eigenvalue weighted by Gasteiger charge is -2.28. The molecule has 3 aromatic rings. The number of nitrogens with zero attached hydrogens (tertiary/aromatic N) is 3. The molecular weight excluding hydrogens is 421 g/mol. The number of benzene rings is 1. The third-order valence-electron chi connectivity index (χ3n) is 5.51. The van der Waals surface area contributed by atoms with Gasteiger partial charge in [0.05, 0.1) is 34.4 Å². The fourth-order valence-electron chi connectivity index (χ4n) is 3.64. The molecule has 2 aromatic heterocycles. The van der Waals surface area contributed by atoms with Gasteiger partial charge in [-0.25, -0.2) is 17.8 Å². The molecule has 0 spiro atoms. The minimum Gasteiger partial charge on any atom is -0.337 e. The van der Waals surface area contributed by atoms with Crippen LogP contribution in [0.1, 0.15) is 30.7 Å². The lowest BCUT2D eigenvalue weighted by atomic mass is 10.1. The van der Waals surface area contributed by atoms with Crippen LogP contribution in [-0.2, 0) is 34.0 Å². The first-order valence-corrected chi connectivity index (χ1v) is 11.5. The monoisotopic (exact) mass is 443 g/mol. The molecular formula is C22H22FN3O4S. The number of fused-ring (bicyclic) bond motifs is 2. The summed E-state index contributed by atoms with van der Waals surface area (Å²) in [7, 11) is -3.37. The molecule has 0 N–H and O–H groups in total. The second kappa shape index (κ2) is 7.88. The van der Waals surface area contributed by atoms with Crippen molar-refractivity contribution in [1.82, 2.24) is 14.3 Å². The lowest BCUT2D eigenvalue weighted by molar-refractivity contribution is -0.131. The Hall–Kier alpha value is -3.07. The predicted molar refractivity (Wildman–Crippen MR) is 113 cm³/mol. The number of sulfone groups is 1. The van der Waals surface area contributed by atoms with Crippen molar-refractivity contribution in [2.24, 2.45) is 0 Å². The molecule has 4 rings (SSSR count). The molecule has 1 aromatic carbocycles. The van der Waals surface area contributed by atoms with Gasteiger partial charge < -0.3 is 4.90 Å². The van der Waals surface area contributed by atoms with Gasteiger partial charge in [-0.2, -0.15) is 0 Å². The minimum atomic E-state index is -3.37. The number of rotatable bonds is 4. The number of carbonyl (C=O) groups excluding carboxylic acids is 1. The maximum atomic E-state index is 13.6. The molecule has 9 heteroatoms. The number of amides is 1. The van der Waals surface area contributed by atoms with Gasteiger partial charge in [-0.05, 0) is 43.7 Å². The molecule has 0 atom stereocenters. The first-order chi connectivity index (χ1) is 14.7. The summed E-state index contributed by atoms with van der Waals surface area (Å²) in [6.45, 7) is 3.78. The quantitative estimate of drug-likeness (QED) is 0.617. The number of carbonyl (C=O) groups is 1. The smallest absolute Gasteiger partial charge is 0.263 e. The minimum absolute atomic E-state index is 0.0916. The number of hydrogen-bond acceptors (Lipinski definition) is 5. The SMILES string of the molecule is CC(C)S(=O)(=O)c1ccc(CC(=O)N2CCc3nc4ccc(F)cn4c(=O)c3C2)cc1. The number of halogens is 1. The van der Waals surface area contributed by atoms with Crippen molar-refractivity contribution < 1.29 is 17.6 Å². The topological polar surface area (TPSA) is 88.8 Å². The zero-order chi connectivity index (χ0) is 22.3. The maximum Gasteiger partial charge on any atom is 0.263 e. The van der Waals surface area contributed by atoms with Crippen LogP contribution in [0.5, 0.6) is 0 Å². The van der Waals surface area contributed by atoms with Crippen molar-refractivity contribution in [1.29, 1.82) is 0 Å². The number of hydrogen-bond donors (Lipinski definition) is 0. The fourth-order valence-corrected chi connectivity index (χ4v) is 4.70. The zero-order valence-corrected chi connectivity index (χ0v) is 18.0. The molecule has 1 aliphatic heterocycles. The average molecular weight is 444 g/mol. The first-order valence-electron chi connectivity index (χ1n) is 9.97. The second-order valence-corrected chi connectivity index (χ2v) is 10.4. The summed E-state index contributed by atoms with van der Waals surface area (Å²) in [4.78, 5) is 31.9. The molecule has 0 aliphatic carbocycles. The third-order valence-corrected chi connectivity index (χ3v) is 7.68. The molecule has 0 fully saturated rings. The van der Waals surface area contributed by atoms with Gasteiger partial charge in [-0.15, -0.1) is 0 Å². The van der Waals surface area contributed by atoms with Crippen molar-refractivity contribution in [3.05, 3.63) is 75.6 Å². The van der Waals surface area contributed by atoms with Crippen molar-refractivity contribution in [3.63, 3.8) is 0 Å². The van der Waals surface area contributed by atoms with Gasteiger partial charge in [0.25, 0.3) is 5.56 Å². The summed E-state index contributed by atoms with van der Waals surface area (Å²) in [5, 5.41) is -0.522. The summed E-state index contributed by atoms with van der Waals surface area (Å²) in [6.07, 6.45) is 1.63. The summed E-state index contributed by atoms with van der Waals surface area (Å²) in [5.74, 6) is -0.711. The van der Waals surface area contributed by atoms with E-state index in [1.165, 1.54) is 24.3 Å². The number of aromatic nitrogens is 2. The molecule has 0 saturated heterocycles. The van der Waals surface area contributed by atoms with E-state index < -0.39 is 20.9 Å². The van der Waals surface area contributed by atoms with Gasteiger partial charge in [0.15, 0.2) is 9.84 Å². The summed E-state index contributed by atoms with van der Waals surface area (Å²) in [6, 6.07) is 9.01. The van der Waals surface area contributed by atoms with E-state index in [-0.39, 0.29) is 29.3 Å². The molecule has 31 heavy (non-hydrogen) atoms. The van der Waals surface area contributed by atoms with Crippen LogP contribution in [-0.4, -0.2) is 40.4 Å². The van der Waals surface area contributed by atoms with Crippen LogP contribution in [0.25, 0.3) is 5.65 Å². The predicted octanol–water partition coefficient (Wildman–Crippen LogP) is 2.14. The van der Waals surface area contributed by atoms with Gasteiger partial charge in [-0.3, -0.25) is 14.0 Å². The molecule has 1 aliphatic rings. The Morgan fingerprint density at radius 2 is 1.87 bits per heavy atom. The number of pyridine rings is 1. The van der Waals surface area contributed by atoms with Crippen molar-refractivity contribution >= 4 is 21.4 Å². The van der Waals surface area contributed by atoms with Crippen LogP contribution in [0, 0.1) is 5.82 Å². The molecule has 1 amide bonds. The highest BCUT2D eigenvalue weighted by Crippen LogP contribution is 2.19. The fraction of sp³-hybridized carbons (Fsp3) is 0.318. The van der Waals surface area contributed by atoms with Gasteiger partial charge in [0.2, 0.25) is 5.91 Å². The highest BCUT2D eigenvalue weighted by molar-refractivity contribution is 7.92. The normalized spacial score (nSPS) is 14.1. The highest BCUT2D eigenvalue weighted by Gasteiger charge is 2.25. The Bertz CT molecular complexity index is 1330. The van der Waals surface area contributed by atoms with Crippen LogP contribution in [0.4, 0.5) is 4.39 Å². The molecule has 0 bridgehead atoms. The Kier molecular flexibility index (Phi) is 5.38. The average Bonchev–Trinajstić information content (AvgIpc) is 2.74. The van der Waals surface area contributed by atoms with Crippen LogP contribution in [0.2, 0.25) is 0 Å². The second-order valence-electron chi connectivity index (χ2n) is 7.90. The Labute approximate surface area is 179 Å². The standard InChI is InChI=1S/C22H22FN3O4S/c1-14(2)31(29,30)17-6-3-15(4-7-17)11-21(27)25-10-9-19-18(13-25)22(28)26-12-16(23)5-8-20(26)24-19/h3-8,12,14H,9-11,13H2,1-2H3. The van der Waals surface area contributed by atoms with Gasteiger partial charge in [0, 0.05) is 19.2 Å². The van der Waals surface area contributed by atoms with E-state index in [1.54, 1.807) is 30.9 Å². The highest BCUT2D eigenvalue weighted by atomic mass is 32.2. The molecule has 7 nitrogen and oxygen atoms in total. The van der Waals surface area contributed by atoms with Gasteiger partial charge in [-0.1, -0.05) is 12.1 Å². The molecule has 0 radical (unpaired) electrons. The van der Waals surface area contributed by atoms with E-state index in [4.69, 9.17) is 0 Å². The van der Waals surface area contributed by atoms with Crippen LogP contribution >= 0.6 is 0 Å². The van der Waals surface area contributed by atoms with Crippen molar-refractivity contribution in [3.8, 4) is 0 Å².